The average molecular weight is 189 g/mol. The average Bonchev–Trinajstić information content (AvgIpc) is 2.69. The van der Waals surface area contributed by atoms with Gasteiger partial charge in [-0.25, -0.2) is 0 Å². The van der Waals surface area contributed by atoms with Crippen molar-refractivity contribution in [3.05, 3.63) is 0 Å². The van der Waals surface area contributed by atoms with Crippen molar-refractivity contribution in [1.82, 2.24) is 0 Å². The second-order valence-corrected chi connectivity index (χ2v) is 4.51. The minimum atomic E-state index is 0.675. The molecule has 0 aromatic rings. The van der Waals surface area contributed by atoms with Gasteiger partial charge in [0.2, 0.25) is 0 Å². The summed E-state index contributed by atoms with van der Waals surface area (Å²) < 4.78 is 5.41. The van der Waals surface area contributed by atoms with Crippen molar-refractivity contribution in [2.75, 3.05) is 0 Å². The number of rotatable bonds is 0. The molecule has 9 heavy (non-hydrogen) atoms. The summed E-state index contributed by atoms with van der Waals surface area (Å²) in [5.41, 5.74) is 0. The first kappa shape index (κ1) is 5.14. The van der Waals surface area contributed by atoms with Gasteiger partial charge in [-0.05, 0) is 24.7 Å². The monoisotopic (exact) mass is 188 g/mol. The topological polar surface area (TPSA) is 12.5 Å². The van der Waals surface area contributed by atoms with E-state index in [1.807, 2.05) is 0 Å². The van der Waals surface area contributed by atoms with Crippen LogP contribution in [0.1, 0.15) is 12.8 Å². The number of epoxide rings is 1. The highest BCUT2D eigenvalue weighted by Gasteiger charge is 2.60. The minimum Gasteiger partial charge on any atom is -0.370 e. The van der Waals surface area contributed by atoms with Gasteiger partial charge in [-0.3, -0.25) is 0 Å². The smallest absolute Gasteiger partial charge is 0.0845 e. The summed E-state index contributed by atoms with van der Waals surface area (Å²) in [7, 11) is 0. The molecule has 5 atom stereocenters. The Morgan fingerprint density at radius 2 is 1.67 bits per heavy atom. The third kappa shape index (κ3) is 0.586. The van der Waals surface area contributed by atoms with Crippen molar-refractivity contribution in [2.45, 2.75) is 29.9 Å². The molecule has 1 aliphatic heterocycles. The lowest BCUT2D eigenvalue weighted by Crippen LogP contribution is -2.03. The Labute approximate surface area is 62.9 Å². The fourth-order valence-corrected chi connectivity index (χ4v) is 3.18. The van der Waals surface area contributed by atoms with Gasteiger partial charge < -0.3 is 4.74 Å². The molecule has 3 fully saturated rings. The molecule has 2 heteroatoms. The van der Waals surface area contributed by atoms with E-state index in [-0.39, 0.29) is 0 Å². The van der Waals surface area contributed by atoms with Crippen molar-refractivity contribution in [3.63, 3.8) is 0 Å². The van der Waals surface area contributed by atoms with Gasteiger partial charge in [0.05, 0.1) is 12.2 Å². The standard InChI is InChI=1S/C7H9BrO/c8-7-3-1-5-6(9-5)2-4(3)7/h3-7H,1-2H2/t3-,4+,5-,6+,7?. The molecule has 1 heterocycles. The Morgan fingerprint density at radius 3 is 2.22 bits per heavy atom. The molecule has 3 rings (SSSR count). The summed E-state index contributed by atoms with van der Waals surface area (Å²) in [5.74, 6) is 1.96. The van der Waals surface area contributed by atoms with Gasteiger partial charge >= 0.3 is 0 Å². The van der Waals surface area contributed by atoms with Crippen LogP contribution in [0.25, 0.3) is 0 Å². The van der Waals surface area contributed by atoms with Gasteiger partial charge in [-0.1, -0.05) is 15.9 Å². The quantitative estimate of drug-likeness (QED) is 0.416. The Bertz CT molecular complexity index is 143. The molecule has 0 N–H and O–H groups in total. The molecule has 0 aromatic heterocycles. The van der Waals surface area contributed by atoms with Crippen molar-refractivity contribution in [2.24, 2.45) is 11.8 Å². The van der Waals surface area contributed by atoms with Gasteiger partial charge in [0, 0.05) is 4.83 Å². The number of ether oxygens (including phenoxy) is 1. The summed E-state index contributed by atoms with van der Waals surface area (Å²) in [6, 6.07) is 0. The van der Waals surface area contributed by atoms with E-state index in [0.717, 1.165) is 16.7 Å². The lowest BCUT2D eigenvalue weighted by Gasteiger charge is -1.99. The first-order valence-electron chi connectivity index (χ1n) is 3.66. The van der Waals surface area contributed by atoms with Gasteiger partial charge in [0.25, 0.3) is 0 Å². The van der Waals surface area contributed by atoms with Crippen LogP contribution >= 0.6 is 15.9 Å². The maximum atomic E-state index is 5.41. The molecule has 0 amide bonds. The van der Waals surface area contributed by atoms with Crippen molar-refractivity contribution < 1.29 is 4.74 Å². The van der Waals surface area contributed by atoms with Crippen LogP contribution in [0.4, 0.5) is 0 Å². The van der Waals surface area contributed by atoms with E-state index in [4.69, 9.17) is 4.74 Å². The van der Waals surface area contributed by atoms with Crippen LogP contribution in [-0.4, -0.2) is 17.0 Å². The van der Waals surface area contributed by atoms with E-state index in [0.29, 0.717) is 12.2 Å². The van der Waals surface area contributed by atoms with Crippen LogP contribution in [0.2, 0.25) is 0 Å². The third-order valence-corrected chi connectivity index (χ3v) is 4.28. The SMILES string of the molecule is BrC1[C@H]2C[C@@H]3O[C@@H]3C[C@@H]12. The van der Waals surface area contributed by atoms with Gasteiger partial charge in [-0.15, -0.1) is 0 Å². The lowest BCUT2D eigenvalue weighted by molar-refractivity contribution is 0.364. The van der Waals surface area contributed by atoms with Gasteiger partial charge in [0.1, 0.15) is 0 Å². The zero-order valence-corrected chi connectivity index (χ0v) is 6.67. The maximum absolute atomic E-state index is 5.41. The maximum Gasteiger partial charge on any atom is 0.0845 e. The Kier molecular flexibility index (Phi) is 0.784. The molecule has 2 aliphatic carbocycles. The Balaban J connectivity index is 1.81. The van der Waals surface area contributed by atoms with E-state index >= 15 is 0 Å². The molecule has 3 aliphatic rings. The van der Waals surface area contributed by atoms with E-state index in [2.05, 4.69) is 15.9 Å². The third-order valence-electron chi connectivity index (χ3n) is 2.92. The van der Waals surface area contributed by atoms with E-state index in [1.54, 1.807) is 0 Å². The van der Waals surface area contributed by atoms with Gasteiger partial charge in [0.15, 0.2) is 0 Å². The normalized spacial score (nSPS) is 68.3. The second-order valence-electron chi connectivity index (χ2n) is 3.46. The highest BCUT2D eigenvalue weighted by Crippen LogP contribution is 2.59. The summed E-state index contributed by atoms with van der Waals surface area (Å²) in [5, 5.41) is 0. The molecular weight excluding hydrogens is 180 g/mol. The van der Waals surface area contributed by atoms with Crippen molar-refractivity contribution >= 4 is 15.9 Å². The van der Waals surface area contributed by atoms with Crippen LogP contribution in [0, 0.1) is 11.8 Å². The first-order valence-corrected chi connectivity index (χ1v) is 4.57. The Morgan fingerprint density at radius 1 is 1.11 bits per heavy atom. The highest BCUT2D eigenvalue weighted by atomic mass is 79.9. The predicted molar refractivity (Wildman–Crippen MR) is 37.6 cm³/mol. The van der Waals surface area contributed by atoms with Crippen molar-refractivity contribution in [3.8, 4) is 0 Å². The van der Waals surface area contributed by atoms with Crippen LogP contribution in [-0.2, 0) is 4.74 Å². The number of hydrogen-bond donors (Lipinski definition) is 0. The zero-order chi connectivity index (χ0) is 6.01. The molecule has 0 spiro atoms. The summed E-state index contributed by atoms with van der Waals surface area (Å²) >= 11 is 3.67. The van der Waals surface area contributed by atoms with Crippen LogP contribution in [0.15, 0.2) is 0 Å². The van der Waals surface area contributed by atoms with E-state index in [1.165, 1.54) is 12.8 Å². The lowest BCUT2D eigenvalue weighted by atomic mass is 10.0. The van der Waals surface area contributed by atoms with Crippen LogP contribution in [0.3, 0.4) is 0 Å². The molecule has 1 unspecified atom stereocenters. The van der Waals surface area contributed by atoms with E-state index in [9.17, 15) is 0 Å². The summed E-state index contributed by atoms with van der Waals surface area (Å²) in [4.78, 5) is 0.855. The number of hydrogen-bond acceptors (Lipinski definition) is 1. The largest absolute Gasteiger partial charge is 0.370 e. The number of alkyl halides is 1. The molecule has 1 saturated heterocycles. The van der Waals surface area contributed by atoms with Gasteiger partial charge in [-0.2, -0.15) is 0 Å². The minimum absolute atomic E-state index is 0.675. The molecule has 0 aromatic carbocycles. The molecular formula is C7H9BrO. The van der Waals surface area contributed by atoms with Crippen molar-refractivity contribution in [1.29, 1.82) is 0 Å². The molecule has 0 bridgehead atoms. The van der Waals surface area contributed by atoms with Crippen LogP contribution in [0.5, 0.6) is 0 Å². The second kappa shape index (κ2) is 1.37. The van der Waals surface area contributed by atoms with Crippen LogP contribution < -0.4 is 0 Å². The molecule has 1 nitrogen and oxygen atoms in total. The molecule has 0 radical (unpaired) electrons. The fraction of sp³-hybridized carbons (Fsp3) is 1.00. The molecule has 2 saturated carbocycles. The predicted octanol–water partition coefficient (Wildman–Crippen LogP) is 1.56. The Hall–Kier alpha value is 0.440. The fourth-order valence-electron chi connectivity index (χ4n) is 2.14. The summed E-state index contributed by atoms with van der Waals surface area (Å²) in [6.07, 6.45) is 4.03. The first-order chi connectivity index (χ1) is 4.36. The highest BCUT2D eigenvalue weighted by molar-refractivity contribution is 9.09. The molecule has 50 valence electrons. The van der Waals surface area contributed by atoms with E-state index < -0.39 is 0 Å². The zero-order valence-electron chi connectivity index (χ0n) is 5.09. The number of halogens is 1. The summed E-state index contributed by atoms with van der Waals surface area (Å²) in [6.45, 7) is 0. The number of fused-ring (bicyclic) bond motifs is 2.